The van der Waals surface area contributed by atoms with Gasteiger partial charge in [0.15, 0.2) is 5.96 Å². The molecule has 9 heteroatoms. The van der Waals surface area contributed by atoms with Gasteiger partial charge in [0.1, 0.15) is 5.60 Å². The van der Waals surface area contributed by atoms with Gasteiger partial charge in [-0.1, -0.05) is 18.2 Å². The molecular weight excluding hydrogens is 497 g/mol. The first kappa shape index (κ1) is 24.2. The lowest BCUT2D eigenvalue weighted by Gasteiger charge is -2.24. The quantitative estimate of drug-likeness (QED) is 0.357. The van der Waals surface area contributed by atoms with Crippen molar-refractivity contribution >= 4 is 47.6 Å². The molecule has 1 unspecified atom stereocenters. The van der Waals surface area contributed by atoms with E-state index >= 15 is 0 Å². The van der Waals surface area contributed by atoms with Crippen molar-refractivity contribution in [1.29, 1.82) is 0 Å². The summed E-state index contributed by atoms with van der Waals surface area (Å²) in [7, 11) is 1.70. The number of aliphatic imine (C=N–C) groups is 1. The monoisotopic (exact) mass is 529 g/mol. The fraction of sp³-hybridized carbons (Fsp3) is 0.571. The largest absolute Gasteiger partial charge is 0.444 e. The molecule has 1 saturated heterocycles. The maximum atomic E-state index is 12.7. The maximum Gasteiger partial charge on any atom is 0.407 e. The average molecular weight is 529 g/mol. The summed E-state index contributed by atoms with van der Waals surface area (Å²) in [5.41, 5.74) is 1.69. The van der Waals surface area contributed by atoms with Gasteiger partial charge in [-0.2, -0.15) is 0 Å². The summed E-state index contributed by atoms with van der Waals surface area (Å²) < 4.78 is 5.32. The van der Waals surface area contributed by atoms with E-state index in [-0.39, 0.29) is 42.5 Å². The molecule has 3 rings (SSSR count). The molecule has 30 heavy (non-hydrogen) atoms. The van der Waals surface area contributed by atoms with Gasteiger partial charge in [-0.25, -0.2) is 4.79 Å². The highest BCUT2D eigenvalue weighted by Crippen LogP contribution is 2.27. The highest BCUT2D eigenvalue weighted by atomic mass is 127. The van der Waals surface area contributed by atoms with Crippen LogP contribution in [-0.4, -0.2) is 67.7 Å². The van der Waals surface area contributed by atoms with Crippen molar-refractivity contribution < 1.29 is 14.3 Å². The normalized spacial score (nSPS) is 18.5. The summed E-state index contributed by atoms with van der Waals surface area (Å²) in [6.45, 7) is 7.80. The van der Waals surface area contributed by atoms with Crippen LogP contribution in [0.1, 0.15) is 32.8 Å². The minimum atomic E-state index is -0.519. The van der Waals surface area contributed by atoms with E-state index in [1.807, 2.05) is 48.8 Å². The molecule has 1 aromatic rings. The topological polar surface area (TPSA) is 86.3 Å². The first-order valence-electron chi connectivity index (χ1n) is 10.1. The Bertz CT molecular complexity index is 793. The lowest BCUT2D eigenvalue weighted by Crippen LogP contribution is -2.47. The molecule has 2 aliphatic rings. The summed E-state index contributed by atoms with van der Waals surface area (Å²) in [6, 6.07) is 8.00. The van der Waals surface area contributed by atoms with Crippen molar-refractivity contribution in [2.24, 2.45) is 4.99 Å². The van der Waals surface area contributed by atoms with Crippen LogP contribution in [0.15, 0.2) is 29.3 Å². The molecule has 1 aromatic carbocycles. The number of likely N-dealkylation sites (tertiary alicyclic amines) is 1. The van der Waals surface area contributed by atoms with Gasteiger partial charge in [-0.3, -0.25) is 9.79 Å². The number of carbonyl (C=O) groups is 2. The third-order valence-electron chi connectivity index (χ3n) is 5.01. The molecule has 2 N–H and O–H groups in total. The van der Waals surface area contributed by atoms with Crippen LogP contribution in [0.2, 0.25) is 0 Å². The van der Waals surface area contributed by atoms with Crippen molar-refractivity contribution in [3.63, 3.8) is 0 Å². The number of hydrogen-bond donors (Lipinski definition) is 2. The van der Waals surface area contributed by atoms with Gasteiger partial charge >= 0.3 is 6.09 Å². The third-order valence-corrected chi connectivity index (χ3v) is 5.01. The predicted molar refractivity (Wildman–Crippen MR) is 129 cm³/mol. The van der Waals surface area contributed by atoms with Crippen molar-refractivity contribution in [2.45, 2.75) is 45.3 Å². The zero-order valence-electron chi connectivity index (χ0n) is 18.1. The lowest BCUT2D eigenvalue weighted by atomic mass is 10.2. The molecule has 0 radical (unpaired) electrons. The van der Waals surface area contributed by atoms with Gasteiger partial charge < -0.3 is 25.2 Å². The summed E-state index contributed by atoms with van der Waals surface area (Å²) in [4.78, 5) is 32.9. The van der Waals surface area contributed by atoms with E-state index < -0.39 is 11.7 Å². The van der Waals surface area contributed by atoms with E-state index in [0.717, 1.165) is 25.1 Å². The highest BCUT2D eigenvalue weighted by Gasteiger charge is 2.29. The number of carbonyl (C=O) groups excluding carboxylic acids is 2. The van der Waals surface area contributed by atoms with Crippen LogP contribution in [0.5, 0.6) is 0 Å². The number of benzene rings is 1. The maximum absolute atomic E-state index is 12.7. The van der Waals surface area contributed by atoms with Crippen LogP contribution in [0.3, 0.4) is 0 Å². The summed E-state index contributed by atoms with van der Waals surface area (Å²) in [5, 5.41) is 6.08. The van der Waals surface area contributed by atoms with Gasteiger partial charge in [0.05, 0.1) is 12.6 Å². The highest BCUT2D eigenvalue weighted by molar-refractivity contribution is 14.0. The average Bonchev–Trinajstić information content (AvgIpc) is 3.27. The molecule has 0 saturated carbocycles. The number of hydrogen-bond acceptors (Lipinski definition) is 4. The Morgan fingerprint density at radius 3 is 2.67 bits per heavy atom. The molecule has 1 fully saturated rings. The van der Waals surface area contributed by atoms with Gasteiger partial charge in [-0.05, 0) is 45.2 Å². The molecular formula is C21H32IN5O3. The smallest absolute Gasteiger partial charge is 0.407 e. The number of ether oxygens (including phenoxy) is 1. The Hall–Kier alpha value is -2.04. The molecule has 166 valence electrons. The van der Waals surface area contributed by atoms with E-state index in [0.29, 0.717) is 19.0 Å². The number of guanidine groups is 1. The van der Waals surface area contributed by atoms with E-state index in [1.54, 1.807) is 7.05 Å². The molecule has 2 amide bonds. The minimum absolute atomic E-state index is 0. The van der Waals surface area contributed by atoms with Crippen molar-refractivity contribution in [3.8, 4) is 0 Å². The molecule has 2 aliphatic heterocycles. The van der Waals surface area contributed by atoms with Crippen LogP contribution in [-0.2, 0) is 16.0 Å². The minimum Gasteiger partial charge on any atom is -0.444 e. The Balaban J connectivity index is 0.00000320. The number of rotatable bonds is 3. The van der Waals surface area contributed by atoms with Crippen molar-refractivity contribution in [2.75, 3.05) is 38.1 Å². The molecule has 2 heterocycles. The number of anilines is 1. The predicted octanol–water partition coefficient (Wildman–Crippen LogP) is 2.37. The van der Waals surface area contributed by atoms with Gasteiger partial charge in [-0.15, -0.1) is 24.0 Å². The number of fused-ring (bicyclic) bond motifs is 1. The van der Waals surface area contributed by atoms with E-state index in [1.165, 1.54) is 5.56 Å². The Labute approximate surface area is 195 Å². The Morgan fingerprint density at radius 2 is 1.97 bits per heavy atom. The second kappa shape index (κ2) is 10.3. The fourth-order valence-electron chi connectivity index (χ4n) is 3.72. The van der Waals surface area contributed by atoms with Crippen molar-refractivity contribution in [3.05, 3.63) is 29.8 Å². The fourth-order valence-corrected chi connectivity index (χ4v) is 3.72. The Kier molecular flexibility index (Phi) is 8.34. The third kappa shape index (κ3) is 6.23. The van der Waals surface area contributed by atoms with Crippen LogP contribution in [0.4, 0.5) is 10.5 Å². The first-order chi connectivity index (χ1) is 13.8. The molecule has 1 atom stereocenters. The number of amides is 2. The van der Waals surface area contributed by atoms with Crippen LogP contribution >= 0.6 is 24.0 Å². The van der Waals surface area contributed by atoms with Crippen molar-refractivity contribution in [1.82, 2.24) is 15.5 Å². The summed E-state index contributed by atoms with van der Waals surface area (Å²) in [6.07, 6.45) is 1.28. The summed E-state index contributed by atoms with van der Waals surface area (Å²) >= 11 is 0. The van der Waals surface area contributed by atoms with Crippen LogP contribution in [0, 0.1) is 0 Å². The molecule has 0 aliphatic carbocycles. The lowest BCUT2D eigenvalue weighted by molar-refractivity contribution is -0.117. The number of nitrogens with zero attached hydrogens (tertiary/aromatic N) is 3. The van der Waals surface area contributed by atoms with Gasteiger partial charge in [0.2, 0.25) is 5.91 Å². The van der Waals surface area contributed by atoms with Gasteiger partial charge in [0.25, 0.3) is 0 Å². The first-order valence-corrected chi connectivity index (χ1v) is 10.1. The molecule has 0 aromatic heterocycles. The number of para-hydroxylation sites is 1. The SMILES string of the molecule is CN=C(NCC(=O)N1CCc2ccccc21)N1CCC(NC(=O)OC(C)(C)C)C1.I. The zero-order valence-corrected chi connectivity index (χ0v) is 20.4. The van der Waals surface area contributed by atoms with Crippen LogP contribution < -0.4 is 15.5 Å². The standard InChI is InChI=1S/C21H31N5O3.HI/c1-21(2,3)29-20(28)24-16-10-11-25(14-16)19(22-4)23-13-18(27)26-12-9-15-7-5-6-8-17(15)26;/h5-8,16H,9-14H2,1-4H3,(H,22,23)(H,24,28);1H. The number of alkyl carbamates (subject to hydrolysis) is 1. The Morgan fingerprint density at radius 1 is 1.23 bits per heavy atom. The summed E-state index contributed by atoms with van der Waals surface area (Å²) in [5.74, 6) is 0.693. The van der Waals surface area contributed by atoms with Crippen LogP contribution in [0.25, 0.3) is 0 Å². The molecule has 0 spiro atoms. The zero-order chi connectivity index (χ0) is 21.0. The second-order valence-corrected chi connectivity index (χ2v) is 8.40. The van der Waals surface area contributed by atoms with E-state index in [9.17, 15) is 9.59 Å². The molecule has 0 bridgehead atoms. The number of nitrogens with one attached hydrogen (secondary N) is 2. The molecule has 8 nitrogen and oxygen atoms in total. The second-order valence-electron chi connectivity index (χ2n) is 8.40. The van der Waals surface area contributed by atoms with Gasteiger partial charge in [0, 0.05) is 32.4 Å². The van der Waals surface area contributed by atoms with E-state index in [4.69, 9.17) is 4.74 Å². The van der Waals surface area contributed by atoms with E-state index in [2.05, 4.69) is 21.7 Å². The number of halogens is 1.